The van der Waals surface area contributed by atoms with E-state index in [0.29, 0.717) is 12.8 Å². The van der Waals surface area contributed by atoms with E-state index < -0.39 is 33.7 Å². The Hall–Kier alpha value is -1.19. The van der Waals surface area contributed by atoms with Gasteiger partial charge in [0.1, 0.15) is 0 Å². The molecule has 0 heterocycles. The third kappa shape index (κ3) is 9.69. The van der Waals surface area contributed by atoms with Gasteiger partial charge in [-0.2, -0.15) is 13.3 Å². The highest BCUT2D eigenvalue weighted by Crippen LogP contribution is 2.09. The lowest BCUT2D eigenvalue weighted by Crippen LogP contribution is -2.34. The molecule has 1 N–H and O–H groups in total. The van der Waals surface area contributed by atoms with Crippen molar-refractivity contribution in [3.05, 3.63) is 0 Å². The number of hydrogen-bond donors (Lipinski definition) is 1. The van der Waals surface area contributed by atoms with Crippen LogP contribution in [0.5, 0.6) is 0 Å². The van der Waals surface area contributed by atoms with Crippen LogP contribution in [0.15, 0.2) is 0 Å². The summed E-state index contributed by atoms with van der Waals surface area (Å²) in [5.41, 5.74) is 0. The standard InChI is InChI=1S/C13H24O8S/c1-3-5-6-7-9-20-21-13(15)11(22(16,17)18)10-12(14)19-8-4-2/h11H,3-10H2,1-2H3,(H,16,17,18). The number of carbonyl (C=O) groups excluding carboxylic acids is 2. The number of ether oxygens (including phenoxy) is 1. The molecule has 0 aliphatic carbocycles. The minimum absolute atomic E-state index is 0.0972. The number of unbranched alkanes of at least 4 members (excludes halogenated alkanes) is 3. The Kier molecular flexibility index (Phi) is 10.8. The van der Waals surface area contributed by atoms with Gasteiger partial charge >= 0.3 is 11.9 Å². The van der Waals surface area contributed by atoms with E-state index in [1.807, 2.05) is 6.92 Å². The lowest BCUT2D eigenvalue weighted by atomic mass is 10.2. The van der Waals surface area contributed by atoms with Crippen LogP contribution in [0, 0.1) is 0 Å². The highest BCUT2D eigenvalue weighted by molar-refractivity contribution is 7.87. The number of rotatable bonds is 12. The largest absolute Gasteiger partial charge is 0.466 e. The second-order valence-electron chi connectivity index (χ2n) is 4.71. The van der Waals surface area contributed by atoms with Gasteiger partial charge in [0.25, 0.3) is 10.1 Å². The van der Waals surface area contributed by atoms with Gasteiger partial charge in [-0.05, 0) is 12.8 Å². The van der Waals surface area contributed by atoms with E-state index in [1.165, 1.54) is 0 Å². The van der Waals surface area contributed by atoms with Gasteiger partial charge in [0.2, 0.25) is 0 Å². The van der Waals surface area contributed by atoms with Crippen LogP contribution in [0.4, 0.5) is 0 Å². The minimum Gasteiger partial charge on any atom is -0.466 e. The quantitative estimate of drug-likeness (QED) is 0.187. The SMILES string of the molecule is CCCCCCOOC(=O)C(CC(=O)OCCC)S(=O)(=O)O. The lowest BCUT2D eigenvalue weighted by molar-refractivity contribution is -0.272. The fourth-order valence-corrected chi connectivity index (χ4v) is 2.11. The molecule has 0 saturated heterocycles. The average molecular weight is 340 g/mol. The van der Waals surface area contributed by atoms with Crippen LogP contribution in [0.3, 0.4) is 0 Å². The Labute approximate surface area is 130 Å². The fraction of sp³-hybridized carbons (Fsp3) is 0.846. The van der Waals surface area contributed by atoms with Gasteiger partial charge in [0.05, 0.1) is 19.6 Å². The molecule has 0 aromatic heterocycles. The molecule has 130 valence electrons. The third-order valence-electron chi connectivity index (χ3n) is 2.66. The van der Waals surface area contributed by atoms with Crippen molar-refractivity contribution in [2.45, 2.75) is 57.6 Å². The smallest absolute Gasteiger partial charge is 0.363 e. The van der Waals surface area contributed by atoms with Gasteiger partial charge in [-0.25, -0.2) is 4.79 Å². The number of esters is 1. The van der Waals surface area contributed by atoms with E-state index in [0.717, 1.165) is 19.3 Å². The van der Waals surface area contributed by atoms with Gasteiger partial charge < -0.3 is 4.74 Å². The summed E-state index contributed by atoms with van der Waals surface area (Å²) in [6.07, 6.45) is 3.30. The highest BCUT2D eigenvalue weighted by atomic mass is 32.2. The fourth-order valence-electron chi connectivity index (χ4n) is 1.48. The molecule has 1 unspecified atom stereocenters. The van der Waals surface area contributed by atoms with Crippen LogP contribution in [0.1, 0.15) is 52.4 Å². The molecule has 0 fully saturated rings. The van der Waals surface area contributed by atoms with Crippen molar-refractivity contribution < 1.29 is 37.1 Å². The van der Waals surface area contributed by atoms with Gasteiger partial charge in [-0.1, -0.05) is 33.1 Å². The Bertz CT molecular complexity index is 431. The Morgan fingerprint density at radius 2 is 1.73 bits per heavy atom. The first kappa shape index (κ1) is 20.8. The van der Waals surface area contributed by atoms with Gasteiger partial charge in [-0.15, -0.1) is 0 Å². The zero-order valence-corrected chi connectivity index (χ0v) is 13.8. The zero-order valence-electron chi connectivity index (χ0n) is 12.9. The molecule has 0 saturated carbocycles. The number of hydrogen-bond acceptors (Lipinski definition) is 7. The summed E-state index contributed by atoms with van der Waals surface area (Å²) in [6.45, 7) is 4.01. The highest BCUT2D eigenvalue weighted by Gasteiger charge is 2.36. The monoisotopic (exact) mass is 340 g/mol. The molecule has 0 aromatic carbocycles. The van der Waals surface area contributed by atoms with Gasteiger partial charge in [0.15, 0.2) is 5.25 Å². The van der Waals surface area contributed by atoms with E-state index >= 15 is 0 Å². The van der Waals surface area contributed by atoms with E-state index in [1.54, 1.807) is 6.92 Å². The molecule has 0 rings (SSSR count). The van der Waals surface area contributed by atoms with Gasteiger partial charge in [-0.3, -0.25) is 14.2 Å². The van der Waals surface area contributed by atoms with Crippen molar-refractivity contribution in [3.8, 4) is 0 Å². The first-order valence-corrected chi connectivity index (χ1v) is 8.78. The zero-order chi connectivity index (χ0) is 17.0. The molecule has 0 spiro atoms. The minimum atomic E-state index is -4.79. The van der Waals surface area contributed by atoms with E-state index in [4.69, 9.17) is 4.55 Å². The van der Waals surface area contributed by atoms with Crippen LogP contribution < -0.4 is 0 Å². The summed E-state index contributed by atoms with van der Waals surface area (Å²) in [7, 11) is -4.79. The maximum Gasteiger partial charge on any atom is 0.363 e. The molecule has 0 bridgehead atoms. The van der Waals surface area contributed by atoms with Crippen LogP contribution >= 0.6 is 0 Å². The van der Waals surface area contributed by atoms with E-state index in [-0.39, 0.29) is 13.2 Å². The van der Waals surface area contributed by atoms with Crippen LogP contribution in [0.2, 0.25) is 0 Å². The summed E-state index contributed by atoms with van der Waals surface area (Å²) in [4.78, 5) is 31.9. The maximum atomic E-state index is 11.6. The lowest BCUT2D eigenvalue weighted by Gasteiger charge is -2.11. The summed E-state index contributed by atoms with van der Waals surface area (Å²) in [6, 6.07) is 0. The Balaban J connectivity index is 4.33. The molecule has 0 radical (unpaired) electrons. The summed E-state index contributed by atoms with van der Waals surface area (Å²) in [5, 5.41) is -2.05. The van der Waals surface area contributed by atoms with Crippen molar-refractivity contribution >= 4 is 22.1 Å². The first-order chi connectivity index (χ1) is 10.3. The normalized spacial score (nSPS) is 12.7. The second-order valence-corrected chi connectivity index (χ2v) is 6.31. The molecule has 0 amide bonds. The molecule has 9 heteroatoms. The Morgan fingerprint density at radius 1 is 1.05 bits per heavy atom. The van der Waals surface area contributed by atoms with Crippen molar-refractivity contribution in [3.63, 3.8) is 0 Å². The molecule has 22 heavy (non-hydrogen) atoms. The van der Waals surface area contributed by atoms with E-state index in [9.17, 15) is 18.0 Å². The number of carbonyl (C=O) groups is 2. The molecular weight excluding hydrogens is 316 g/mol. The average Bonchev–Trinajstić information content (AvgIpc) is 2.44. The van der Waals surface area contributed by atoms with Crippen LogP contribution in [0.25, 0.3) is 0 Å². The maximum absolute atomic E-state index is 11.6. The van der Waals surface area contributed by atoms with Crippen LogP contribution in [-0.4, -0.2) is 43.4 Å². The summed E-state index contributed by atoms with van der Waals surface area (Å²) < 4.78 is 36.0. The molecular formula is C13H24O8S. The predicted molar refractivity (Wildman–Crippen MR) is 77.4 cm³/mol. The summed E-state index contributed by atoms with van der Waals surface area (Å²) in [5.74, 6) is -2.25. The molecule has 1 atom stereocenters. The van der Waals surface area contributed by atoms with Crippen LogP contribution in [-0.2, 0) is 34.2 Å². The van der Waals surface area contributed by atoms with Crippen molar-refractivity contribution in [2.24, 2.45) is 0 Å². The van der Waals surface area contributed by atoms with E-state index in [2.05, 4.69) is 14.5 Å². The Morgan fingerprint density at radius 3 is 2.27 bits per heavy atom. The molecule has 0 aliphatic heterocycles. The molecule has 0 aliphatic rings. The summed E-state index contributed by atoms with van der Waals surface area (Å²) >= 11 is 0. The first-order valence-electron chi connectivity index (χ1n) is 7.28. The molecule has 0 aromatic rings. The van der Waals surface area contributed by atoms with Gasteiger partial charge in [0, 0.05) is 0 Å². The van der Waals surface area contributed by atoms with Crippen molar-refractivity contribution in [1.29, 1.82) is 0 Å². The second kappa shape index (κ2) is 11.4. The predicted octanol–water partition coefficient (Wildman–Crippen LogP) is 1.64. The third-order valence-corrected chi connectivity index (χ3v) is 3.74. The van der Waals surface area contributed by atoms with Crippen molar-refractivity contribution in [2.75, 3.05) is 13.2 Å². The molecule has 8 nitrogen and oxygen atoms in total. The van der Waals surface area contributed by atoms with Crippen molar-refractivity contribution in [1.82, 2.24) is 0 Å². The topological polar surface area (TPSA) is 116 Å².